The van der Waals surface area contributed by atoms with Crippen LogP contribution in [-0.2, 0) is 28.9 Å². The molecule has 5 nitrogen and oxygen atoms in total. The van der Waals surface area contributed by atoms with E-state index in [4.69, 9.17) is 21.4 Å². The third-order valence-corrected chi connectivity index (χ3v) is 6.10. The molecule has 2 heterocycles. The van der Waals surface area contributed by atoms with Crippen LogP contribution in [0.15, 0.2) is 53.5 Å². The van der Waals surface area contributed by atoms with Crippen molar-refractivity contribution in [1.29, 1.82) is 0 Å². The first kappa shape index (κ1) is 23.3. The first-order chi connectivity index (χ1) is 15.1. The lowest BCUT2D eigenvalue weighted by Crippen LogP contribution is -2.11. The highest BCUT2D eigenvalue weighted by Gasteiger charge is 2.12. The van der Waals surface area contributed by atoms with Gasteiger partial charge in [-0.1, -0.05) is 49.2 Å². The highest BCUT2D eigenvalue weighted by molar-refractivity contribution is 7.09. The van der Waals surface area contributed by atoms with Crippen LogP contribution < -0.4 is 0 Å². The number of ether oxygens (including phenoxy) is 1. The number of carboxylic acids is 1. The molecule has 0 aliphatic rings. The molecular weight excluding hydrogens is 432 g/mol. The Balaban J connectivity index is 1.92. The Hall–Kier alpha value is -2.41. The van der Waals surface area contributed by atoms with Crippen LogP contribution in [0, 0.1) is 0 Å². The molecule has 0 aliphatic heterocycles. The van der Waals surface area contributed by atoms with Crippen LogP contribution in [0.25, 0.3) is 6.08 Å². The largest absolute Gasteiger partial charge is 0.480 e. The molecule has 0 spiro atoms. The zero-order valence-electron chi connectivity index (χ0n) is 17.6. The minimum absolute atomic E-state index is 0.256. The fourth-order valence-corrected chi connectivity index (χ4v) is 4.27. The average molecular weight is 459 g/mol. The van der Waals surface area contributed by atoms with Gasteiger partial charge in [-0.15, -0.1) is 11.3 Å². The molecule has 0 amide bonds. The number of hydrogen-bond donors (Lipinski definition) is 1. The van der Waals surface area contributed by atoms with Gasteiger partial charge in [-0.05, 0) is 41.1 Å². The zero-order valence-corrected chi connectivity index (χ0v) is 19.2. The van der Waals surface area contributed by atoms with Gasteiger partial charge in [-0.25, -0.2) is 9.78 Å². The molecule has 0 unspecified atom stereocenters. The normalized spacial score (nSPS) is 11.7. The van der Waals surface area contributed by atoms with Crippen LogP contribution in [-0.4, -0.2) is 33.8 Å². The SMILES string of the molecule is CCCCc1ncc(/C=C(/COCC(=O)O)Cc2cccs2)n1Cc1ccccc1Cl. The quantitative estimate of drug-likeness (QED) is 0.377. The van der Waals surface area contributed by atoms with E-state index in [0.29, 0.717) is 13.0 Å². The van der Waals surface area contributed by atoms with Crippen molar-refractivity contribution in [3.63, 3.8) is 0 Å². The molecule has 0 saturated carbocycles. The number of aromatic nitrogens is 2. The molecule has 0 bridgehead atoms. The predicted octanol–water partition coefficient (Wildman–Crippen LogP) is 5.72. The molecule has 0 aliphatic carbocycles. The Morgan fingerprint density at radius 1 is 1.26 bits per heavy atom. The summed E-state index contributed by atoms with van der Waals surface area (Å²) in [6, 6.07) is 11.9. The number of halogens is 1. The van der Waals surface area contributed by atoms with Crippen molar-refractivity contribution in [2.24, 2.45) is 0 Å². The van der Waals surface area contributed by atoms with Crippen molar-refractivity contribution >= 4 is 35.0 Å². The second-order valence-corrected chi connectivity index (χ2v) is 8.77. The first-order valence-electron chi connectivity index (χ1n) is 10.4. The molecule has 0 radical (unpaired) electrons. The Morgan fingerprint density at radius 3 is 2.81 bits per heavy atom. The maximum absolute atomic E-state index is 10.9. The Morgan fingerprint density at radius 2 is 2.10 bits per heavy atom. The number of benzene rings is 1. The number of imidazole rings is 1. The van der Waals surface area contributed by atoms with Gasteiger partial charge >= 0.3 is 5.97 Å². The van der Waals surface area contributed by atoms with Gasteiger partial charge in [0, 0.05) is 22.7 Å². The number of unbranched alkanes of at least 4 members (excludes halogenated alkanes) is 1. The van der Waals surface area contributed by atoms with Crippen molar-refractivity contribution in [3.8, 4) is 0 Å². The number of hydrogen-bond acceptors (Lipinski definition) is 4. The highest BCUT2D eigenvalue weighted by Crippen LogP contribution is 2.22. The standard InChI is InChI=1S/C24H27ClN2O3S/c1-2-3-10-23-26-14-20(27(23)15-19-7-4-5-9-22(19)25)12-18(16-30-17-24(28)29)13-21-8-6-11-31-21/h4-9,11-12,14H,2-3,10,13,15-17H2,1H3,(H,28,29)/b18-12+. The fourth-order valence-electron chi connectivity index (χ4n) is 3.32. The second kappa shape index (κ2) is 11.8. The summed E-state index contributed by atoms with van der Waals surface area (Å²) < 4.78 is 7.61. The van der Waals surface area contributed by atoms with Crippen LogP contribution in [0.2, 0.25) is 5.02 Å². The second-order valence-electron chi connectivity index (χ2n) is 7.33. The molecule has 164 valence electrons. The summed E-state index contributed by atoms with van der Waals surface area (Å²) in [5, 5.41) is 11.7. The van der Waals surface area contributed by atoms with E-state index in [1.807, 2.05) is 41.9 Å². The van der Waals surface area contributed by atoms with E-state index in [1.165, 1.54) is 4.88 Å². The van der Waals surface area contributed by atoms with E-state index in [-0.39, 0.29) is 13.2 Å². The summed E-state index contributed by atoms with van der Waals surface area (Å²) in [6.45, 7) is 2.74. The van der Waals surface area contributed by atoms with Crippen LogP contribution in [0.4, 0.5) is 0 Å². The summed E-state index contributed by atoms with van der Waals surface area (Å²) in [6.07, 6.45) is 7.71. The Labute approximate surface area is 192 Å². The number of carbonyl (C=O) groups is 1. The molecule has 7 heteroatoms. The summed E-state index contributed by atoms with van der Waals surface area (Å²) in [5.41, 5.74) is 3.01. The molecule has 3 aromatic rings. The lowest BCUT2D eigenvalue weighted by Gasteiger charge is -2.13. The first-order valence-corrected chi connectivity index (χ1v) is 11.6. The summed E-state index contributed by atoms with van der Waals surface area (Å²) in [7, 11) is 0. The monoisotopic (exact) mass is 458 g/mol. The average Bonchev–Trinajstić information content (AvgIpc) is 3.38. The third kappa shape index (κ3) is 7.06. The molecule has 31 heavy (non-hydrogen) atoms. The van der Waals surface area contributed by atoms with Gasteiger partial charge in [0.25, 0.3) is 0 Å². The van der Waals surface area contributed by atoms with Gasteiger partial charge in [0.15, 0.2) is 0 Å². The zero-order chi connectivity index (χ0) is 22.1. The van der Waals surface area contributed by atoms with Crippen LogP contribution >= 0.6 is 22.9 Å². The van der Waals surface area contributed by atoms with E-state index in [1.54, 1.807) is 11.3 Å². The molecule has 2 aromatic heterocycles. The van der Waals surface area contributed by atoms with E-state index >= 15 is 0 Å². The van der Waals surface area contributed by atoms with E-state index in [0.717, 1.165) is 46.9 Å². The molecule has 0 atom stereocenters. The molecule has 0 saturated heterocycles. The molecule has 1 N–H and O–H groups in total. The van der Waals surface area contributed by atoms with Gasteiger partial charge in [-0.2, -0.15) is 0 Å². The Bertz CT molecular complexity index is 1010. The van der Waals surface area contributed by atoms with E-state index < -0.39 is 5.97 Å². The van der Waals surface area contributed by atoms with Crippen LogP contribution in [0.1, 0.15) is 41.7 Å². The van der Waals surface area contributed by atoms with Gasteiger partial charge in [-0.3, -0.25) is 0 Å². The fraction of sp³-hybridized carbons (Fsp3) is 0.333. The smallest absolute Gasteiger partial charge is 0.329 e. The molecule has 3 rings (SSSR count). The third-order valence-electron chi connectivity index (χ3n) is 4.86. The molecular formula is C24H27ClN2O3S. The minimum atomic E-state index is -0.971. The number of thiophene rings is 1. The van der Waals surface area contributed by atoms with E-state index in [2.05, 4.69) is 28.6 Å². The number of aliphatic carboxylic acids is 1. The summed E-state index contributed by atoms with van der Waals surface area (Å²) >= 11 is 8.10. The highest BCUT2D eigenvalue weighted by atomic mass is 35.5. The van der Waals surface area contributed by atoms with Gasteiger partial charge in [0.05, 0.1) is 25.0 Å². The summed E-state index contributed by atoms with van der Waals surface area (Å²) in [5.74, 6) is 0.0519. The number of aryl methyl sites for hydroxylation is 1. The van der Waals surface area contributed by atoms with Crippen molar-refractivity contribution in [1.82, 2.24) is 9.55 Å². The maximum atomic E-state index is 10.9. The predicted molar refractivity (Wildman–Crippen MR) is 126 cm³/mol. The van der Waals surface area contributed by atoms with Crippen LogP contribution in [0.3, 0.4) is 0 Å². The lowest BCUT2D eigenvalue weighted by atomic mass is 10.1. The topological polar surface area (TPSA) is 64.3 Å². The van der Waals surface area contributed by atoms with Gasteiger partial charge in [0.1, 0.15) is 12.4 Å². The number of rotatable bonds is 12. The van der Waals surface area contributed by atoms with Gasteiger partial charge in [0.2, 0.25) is 0 Å². The maximum Gasteiger partial charge on any atom is 0.329 e. The van der Waals surface area contributed by atoms with Gasteiger partial charge < -0.3 is 14.4 Å². The summed E-state index contributed by atoms with van der Waals surface area (Å²) in [4.78, 5) is 16.8. The molecule has 0 fully saturated rings. The van der Waals surface area contributed by atoms with Crippen LogP contribution in [0.5, 0.6) is 0 Å². The van der Waals surface area contributed by atoms with E-state index in [9.17, 15) is 4.79 Å². The molecule has 1 aromatic carbocycles. The number of nitrogens with zero attached hydrogens (tertiary/aromatic N) is 2. The number of carboxylic acid groups (broad SMARTS) is 1. The van der Waals surface area contributed by atoms with Crippen molar-refractivity contribution in [3.05, 3.63) is 80.5 Å². The van der Waals surface area contributed by atoms with Crippen molar-refractivity contribution in [2.45, 2.75) is 39.2 Å². The van der Waals surface area contributed by atoms with Crippen molar-refractivity contribution in [2.75, 3.05) is 13.2 Å². The lowest BCUT2D eigenvalue weighted by molar-refractivity contribution is -0.141. The Kier molecular flexibility index (Phi) is 8.88. The van der Waals surface area contributed by atoms with Crippen molar-refractivity contribution < 1.29 is 14.6 Å². The minimum Gasteiger partial charge on any atom is -0.480 e.